The Morgan fingerprint density at radius 1 is 1.42 bits per heavy atom. The fourth-order valence-corrected chi connectivity index (χ4v) is 4.20. The predicted molar refractivity (Wildman–Crippen MR) is 82.5 cm³/mol. The summed E-state index contributed by atoms with van der Waals surface area (Å²) in [6.45, 7) is 0.622. The number of fused-ring (bicyclic) bond motifs is 3. The van der Waals surface area contributed by atoms with Crippen LogP contribution in [0.5, 0.6) is 0 Å². The van der Waals surface area contributed by atoms with E-state index in [0.717, 1.165) is 6.42 Å². The number of likely N-dealkylation sites (N-methyl/N-ethyl adjacent to an activating group) is 1. The molecular weight excluding hydrogens is 372 g/mol. The summed E-state index contributed by atoms with van der Waals surface area (Å²) in [7, 11) is -3.07. The number of ether oxygens (including phenoxy) is 1. The predicted octanol–water partition coefficient (Wildman–Crippen LogP) is -1.98. The Labute approximate surface area is 149 Å². The molecule has 0 radical (unpaired) electrons. The molecule has 12 nitrogen and oxygen atoms in total. The molecule has 3 N–H and O–H groups in total. The number of hydroxylamine groups is 3. The second-order valence-electron chi connectivity index (χ2n) is 7.11. The van der Waals surface area contributed by atoms with E-state index in [9.17, 15) is 18.0 Å². The van der Waals surface area contributed by atoms with Crippen molar-refractivity contribution in [1.82, 2.24) is 20.8 Å². The van der Waals surface area contributed by atoms with Crippen molar-refractivity contribution >= 4 is 22.3 Å². The van der Waals surface area contributed by atoms with Crippen molar-refractivity contribution in [3.8, 4) is 0 Å². The minimum atomic E-state index is -4.87. The number of urea groups is 1. The number of nitrogens with one attached hydrogen (secondary N) is 2. The topological polar surface area (TPSA) is 147 Å². The van der Waals surface area contributed by atoms with Crippen molar-refractivity contribution in [3.63, 3.8) is 0 Å². The average Bonchev–Trinajstić information content (AvgIpc) is 3.27. The second kappa shape index (κ2) is 6.00. The van der Waals surface area contributed by atoms with Crippen LogP contribution in [-0.2, 0) is 29.1 Å². The van der Waals surface area contributed by atoms with Crippen LogP contribution in [0.25, 0.3) is 0 Å². The highest BCUT2D eigenvalue weighted by molar-refractivity contribution is 7.80. The smallest absolute Gasteiger partial charge is 0.380 e. The van der Waals surface area contributed by atoms with Crippen LogP contribution in [0, 0.1) is 5.41 Å². The summed E-state index contributed by atoms with van der Waals surface area (Å²) < 4.78 is 40.8. The van der Waals surface area contributed by atoms with Crippen LogP contribution in [0.3, 0.4) is 0 Å². The summed E-state index contributed by atoms with van der Waals surface area (Å²) in [6, 6.07) is -2.09. The lowest BCUT2D eigenvalue weighted by Crippen LogP contribution is -2.63. The molecule has 4 rings (SSSR count). The van der Waals surface area contributed by atoms with Gasteiger partial charge in [0.25, 0.3) is 5.91 Å². The Balaban J connectivity index is 1.49. The highest BCUT2D eigenvalue weighted by Gasteiger charge is 2.63. The lowest BCUT2D eigenvalue weighted by Gasteiger charge is -2.50. The third-order valence-electron chi connectivity index (χ3n) is 5.44. The van der Waals surface area contributed by atoms with Crippen LogP contribution in [-0.4, -0.2) is 85.9 Å². The van der Waals surface area contributed by atoms with Gasteiger partial charge in [0.1, 0.15) is 12.1 Å². The Morgan fingerprint density at radius 2 is 2.15 bits per heavy atom. The number of piperidine rings is 1. The molecule has 0 aromatic carbocycles. The molecule has 3 heterocycles. The van der Waals surface area contributed by atoms with E-state index < -0.39 is 39.8 Å². The van der Waals surface area contributed by atoms with Crippen molar-refractivity contribution in [1.29, 1.82) is 0 Å². The van der Waals surface area contributed by atoms with Gasteiger partial charge in [0, 0.05) is 18.0 Å². The maximum Gasteiger partial charge on any atom is 0.418 e. The van der Waals surface area contributed by atoms with Crippen LogP contribution >= 0.6 is 0 Å². The van der Waals surface area contributed by atoms with Crippen molar-refractivity contribution in [2.45, 2.75) is 37.1 Å². The van der Waals surface area contributed by atoms with Crippen LogP contribution in [0.1, 0.15) is 12.8 Å². The number of amides is 3. The molecular formula is C13H20N4O8S. The Kier molecular flexibility index (Phi) is 4.13. The average molecular weight is 392 g/mol. The van der Waals surface area contributed by atoms with Gasteiger partial charge in [0.15, 0.2) is 0 Å². The molecule has 1 aliphatic carbocycles. The van der Waals surface area contributed by atoms with E-state index in [0.29, 0.717) is 5.06 Å². The van der Waals surface area contributed by atoms with Gasteiger partial charge in [-0.05, 0) is 19.9 Å². The zero-order valence-electron chi connectivity index (χ0n) is 14.0. The van der Waals surface area contributed by atoms with E-state index in [2.05, 4.69) is 15.1 Å². The second-order valence-corrected chi connectivity index (χ2v) is 8.11. The van der Waals surface area contributed by atoms with Gasteiger partial charge >= 0.3 is 16.4 Å². The molecule has 26 heavy (non-hydrogen) atoms. The molecule has 3 aliphatic heterocycles. The van der Waals surface area contributed by atoms with E-state index in [4.69, 9.17) is 14.1 Å². The van der Waals surface area contributed by atoms with Crippen LogP contribution < -0.4 is 10.8 Å². The molecule has 4 unspecified atom stereocenters. The number of carbonyl (C=O) groups excluding carboxylic acids is 2. The fraction of sp³-hybridized carbons (Fsp3) is 0.846. The van der Waals surface area contributed by atoms with Gasteiger partial charge in [0.05, 0.1) is 19.3 Å². The van der Waals surface area contributed by atoms with Gasteiger partial charge in [-0.25, -0.2) is 10.3 Å². The summed E-state index contributed by atoms with van der Waals surface area (Å²) in [4.78, 5) is 31.6. The van der Waals surface area contributed by atoms with Gasteiger partial charge in [-0.2, -0.15) is 13.5 Å². The number of carbonyl (C=O) groups is 2. The molecule has 13 heteroatoms. The molecule has 4 aliphatic rings. The maximum absolute atomic E-state index is 12.6. The van der Waals surface area contributed by atoms with Crippen molar-refractivity contribution in [2.24, 2.45) is 5.41 Å². The van der Waals surface area contributed by atoms with Crippen molar-refractivity contribution in [3.05, 3.63) is 0 Å². The maximum atomic E-state index is 12.6. The Bertz CT molecular complexity index is 726. The third-order valence-corrected chi connectivity index (χ3v) is 5.79. The molecule has 3 amide bonds. The SMILES string of the molecule is CNC1CC1ONC(=O)C1CC2(COC2)C2CN1C(=O)N2OS(=O)(=O)O. The van der Waals surface area contributed by atoms with Crippen LogP contribution in [0.15, 0.2) is 0 Å². The largest absolute Gasteiger partial charge is 0.418 e. The minimum absolute atomic E-state index is 0.0956. The van der Waals surface area contributed by atoms with Crippen molar-refractivity contribution < 1.29 is 36.4 Å². The normalized spacial score (nSPS) is 34.8. The van der Waals surface area contributed by atoms with E-state index >= 15 is 0 Å². The van der Waals surface area contributed by atoms with E-state index in [-0.39, 0.29) is 38.3 Å². The Hall–Kier alpha value is -1.51. The Morgan fingerprint density at radius 3 is 2.69 bits per heavy atom. The van der Waals surface area contributed by atoms with Crippen LogP contribution in [0.2, 0.25) is 0 Å². The van der Waals surface area contributed by atoms with E-state index in [1.807, 2.05) is 0 Å². The van der Waals surface area contributed by atoms with Gasteiger partial charge < -0.3 is 15.0 Å². The van der Waals surface area contributed by atoms with Gasteiger partial charge in [-0.3, -0.25) is 14.2 Å². The lowest BCUT2D eigenvalue weighted by molar-refractivity contribution is -0.194. The van der Waals surface area contributed by atoms with Gasteiger partial charge in [-0.15, -0.1) is 4.28 Å². The molecule has 4 atom stereocenters. The van der Waals surface area contributed by atoms with Gasteiger partial charge in [-0.1, -0.05) is 0 Å². The van der Waals surface area contributed by atoms with Gasteiger partial charge in [0.2, 0.25) is 0 Å². The van der Waals surface area contributed by atoms with E-state index in [1.54, 1.807) is 7.05 Å². The van der Waals surface area contributed by atoms with Crippen LogP contribution in [0.4, 0.5) is 4.79 Å². The summed E-state index contributed by atoms with van der Waals surface area (Å²) in [5.74, 6) is -0.487. The fourth-order valence-electron chi connectivity index (χ4n) is 3.83. The highest BCUT2D eigenvalue weighted by Crippen LogP contribution is 2.47. The summed E-state index contributed by atoms with van der Waals surface area (Å²) in [5, 5.41) is 3.65. The lowest BCUT2D eigenvalue weighted by atomic mass is 9.71. The monoisotopic (exact) mass is 392 g/mol. The van der Waals surface area contributed by atoms with Crippen molar-refractivity contribution in [2.75, 3.05) is 26.8 Å². The molecule has 4 fully saturated rings. The zero-order valence-corrected chi connectivity index (χ0v) is 14.8. The number of hydrogen-bond donors (Lipinski definition) is 3. The first-order chi connectivity index (χ1) is 12.2. The molecule has 0 aromatic heterocycles. The first-order valence-electron chi connectivity index (χ1n) is 8.21. The molecule has 1 saturated carbocycles. The summed E-state index contributed by atoms with van der Waals surface area (Å²) in [6.07, 6.45) is 0.944. The third kappa shape index (κ3) is 2.93. The quantitative estimate of drug-likeness (QED) is 0.346. The zero-order chi connectivity index (χ0) is 18.7. The molecule has 1 spiro atoms. The number of hydrogen-bond acceptors (Lipinski definition) is 8. The first-order valence-corrected chi connectivity index (χ1v) is 9.58. The molecule has 0 aromatic rings. The minimum Gasteiger partial charge on any atom is -0.380 e. The standard InChI is InChI=1S/C13H20N4O8S/c1-14-7-2-9(7)24-15-11(18)8-3-13(5-23-6-13)10-4-16(8)12(19)17(10)25-26(20,21)22/h7-10,14H,2-6H2,1H3,(H,15,18)(H,20,21,22). The molecule has 2 bridgehead atoms. The first kappa shape index (κ1) is 17.9. The summed E-state index contributed by atoms with van der Waals surface area (Å²) >= 11 is 0. The number of nitrogens with zero attached hydrogens (tertiary/aromatic N) is 2. The number of rotatable bonds is 6. The highest BCUT2D eigenvalue weighted by atomic mass is 32.3. The van der Waals surface area contributed by atoms with E-state index in [1.165, 1.54) is 4.90 Å². The molecule has 146 valence electrons. The summed E-state index contributed by atoms with van der Waals surface area (Å²) in [5.41, 5.74) is 1.78. The molecule has 3 saturated heterocycles.